The number of aliphatic hydroxyl groups is 1. The lowest BCUT2D eigenvalue weighted by atomic mass is 9.91. The predicted molar refractivity (Wildman–Crippen MR) is 137 cm³/mol. The van der Waals surface area contributed by atoms with Crippen LogP contribution in [0.4, 0.5) is 0 Å². The van der Waals surface area contributed by atoms with E-state index in [1.165, 1.54) is 0 Å². The van der Waals surface area contributed by atoms with Gasteiger partial charge in [-0.15, -0.1) is 0 Å². The van der Waals surface area contributed by atoms with Gasteiger partial charge in [-0.3, -0.25) is 14.6 Å². The zero-order chi connectivity index (χ0) is 25.1. The number of likely N-dealkylation sites (tertiary alicyclic amines) is 1. The van der Waals surface area contributed by atoms with Crippen LogP contribution in [-0.4, -0.2) is 32.7 Å². The second-order valence-electron chi connectivity index (χ2n) is 9.54. The molecular formula is C30H30N2O4. The van der Waals surface area contributed by atoms with Crippen molar-refractivity contribution in [2.45, 2.75) is 57.7 Å². The van der Waals surface area contributed by atoms with Crippen LogP contribution in [0.3, 0.4) is 0 Å². The lowest BCUT2D eigenvalue weighted by Gasteiger charge is -2.35. The fraction of sp³-hybridized carbons (Fsp3) is 0.300. The Bertz CT molecular complexity index is 1280. The highest BCUT2D eigenvalue weighted by Crippen LogP contribution is 2.43. The lowest BCUT2D eigenvalue weighted by molar-refractivity contribution is -0.141. The number of carbonyl (C=O) groups excluding carboxylic acids is 2. The number of carbonyl (C=O) groups is 2. The number of hydrogen-bond acceptors (Lipinski definition) is 5. The summed E-state index contributed by atoms with van der Waals surface area (Å²) in [5, 5.41) is 11.4. The van der Waals surface area contributed by atoms with Gasteiger partial charge in [-0.25, -0.2) is 0 Å². The Kier molecular flexibility index (Phi) is 6.85. The van der Waals surface area contributed by atoms with E-state index < -0.39 is 17.7 Å². The normalized spacial score (nSPS) is 20.0. The van der Waals surface area contributed by atoms with Crippen molar-refractivity contribution in [1.29, 1.82) is 0 Å². The third-order valence-electron chi connectivity index (χ3n) is 7.13. The highest BCUT2D eigenvalue weighted by Gasteiger charge is 2.49. The number of aliphatic hydroxyl groups excluding tert-OH is 1. The van der Waals surface area contributed by atoms with E-state index in [1.807, 2.05) is 43.3 Å². The van der Waals surface area contributed by atoms with Crippen LogP contribution in [0, 0.1) is 6.92 Å². The molecule has 5 rings (SSSR count). The van der Waals surface area contributed by atoms with Crippen molar-refractivity contribution < 1.29 is 19.4 Å². The molecule has 184 valence electrons. The number of aryl methyl sites for hydroxylation is 1. The fourth-order valence-corrected chi connectivity index (χ4v) is 5.30. The van der Waals surface area contributed by atoms with Crippen molar-refractivity contribution in [3.63, 3.8) is 0 Å². The quantitative estimate of drug-likeness (QED) is 0.276. The van der Waals surface area contributed by atoms with Crippen LogP contribution in [0.5, 0.6) is 5.75 Å². The molecule has 1 aliphatic carbocycles. The molecule has 3 aromatic rings. The Hall–Kier alpha value is -3.93. The number of aromatic nitrogens is 1. The lowest BCUT2D eigenvalue weighted by Crippen LogP contribution is -2.40. The number of amides is 1. The molecule has 2 aromatic carbocycles. The molecule has 2 aliphatic rings. The topological polar surface area (TPSA) is 79.7 Å². The molecule has 1 saturated carbocycles. The molecule has 36 heavy (non-hydrogen) atoms. The van der Waals surface area contributed by atoms with Crippen molar-refractivity contribution in [3.05, 3.63) is 101 Å². The van der Waals surface area contributed by atoms with Gasteiger partial charge in [0, 0.05) is 24.0 Å². The number of Topliss-reactive ketones (excluding diaryl/α,β-unsaturated/α-hetero) is 1. The first kappa shape index (κ1) is 23.8. The monoisotopic (exact) mass is 482 g/mol. The maximum atomic E-state index is 13.3. The molecule has 2 fully saturated rings. The van der Waals surface area contributed by atoms with E-state index in [9.17, 15) is 14.7 Å². The van der Waals surface area contributed by atoms with Crippen LogP contribution in [0.2, 0.25) is 0 Å². The summed E-state index contributed by atoms with van der Waals surface area (Å²) >= 11 is 0. The number of rotatable bonds is 6. The van der Waals surface area contributed by atoms with Crippen molar-refractivity contribution in [1.82, 2.24) is 9.88 Å². The minimum Gasteiger partial charge on any atom is -0.507 e. The molecule has 1 amide bonds. The molecule has 1 atom stereocenters. The number of ketones is 1. The van der Waals surface area contributed by atoms with Gasteiger partial charge < -0.3 is 14.7 Å². The molecular weight excluding hydrogens is 452 g/mol. The van der Waals surface area contributed by atoms with E-state index in [1.54, 1.807) is 41.6 Å². The first-order valence-corrected chi connectivity index (χ1v) is 12.5. The first-order valence-electron chi connectivity index (χ1n) is 12.5. The zero-order valence-electron chi connectivity index (χ0n) is 20.4. The summed E-state index contributed by atoms with van der Waals surface area (Å²) in [4.78, 5) is 32.5. The molecule has 1 aliphatic heterocycles. The van der Waals surface area contributed by atoms with Gasteiger partial charge in [0.05, 0.1) is 11.6 Å². The maximum absolute atomic E-state index is 13.3. The molecule has 6 heteroatoms. The number of nitrogens with zero attached hydrogens (tertiary/aromatic N) is 2. The molecule has 6 nitrogen and oxygen atoms in total. The Morgan fingerprint density at radius 3 is 2.50 bits per heavy atom. The molecule has 2 heterocycles. The van der Waals surface area contributed by atoms with Crippen LogP contribution in [0.15, 0.2) is 78.6 Å². The number of hydrogen-bond donors (Lipinski definition) is 1. The zero-order valence-corrected chi connectivity index (χ0v) is 20.4. The summed E-state index contributed by atoms with van der Waals surface area (Å²) in [6.07, 6.45) is 8.23. The van der Waals surface area contributed by atoms with Gasteiger partial charge in [0.25, 0.3) is 11.7 Å². The Labute approximate surface area is 211 Å². The molecule has 1 aromatic heterocycles. The smallest absolute Gasteiger partial charge is 0.295 e. The van der Waals surface area contributed by atoms with Gasteiger partial charge >= 0.3 is 0 Å². The average molecular weight is 483 g/mol. The largest absolute Gasteiger partial charge is 0.507 e. The van der Waals surface area contributed by atoms with Gasteiger partial charge in [-0.1, -0.05) is 55.7 Å². The molecule has 0 spiro atoms. The van der Waals surface area contributed by atoms with Gasteiger partial charge in [0.1, 0.15) is 18.1 Å². The van der Waals surface area contributed by atoms with E-state index in [2.05, 4.69) is 4.98 Å². The summed E-state index contributed by atoms with van der Waals surface area (Å²) in [5.74, 6) is -0.661. The second-order valence-corrected chi connectivity index (χ2v) is 9.54. The number of pyridine rings is 1. The second kappa shape index (κ2) is 10.4. The summed E-state index contributed by atoms with van der Waals surface area (Å²) in [7, 11) is 0. The van der Waals surface area contributed by atoms with E-state index >= 15 is 0 Å². The van der Waals surface area contributed by atoms with Gasteiger partial charge in [0.2, 0.25) is 0 Å². The summed E-state index contributed by atoms with van der Waals surface area (Å²) < 4.78 is 5.97. The predicted octanol–water partition coefficient (Wildman–Crippen LogP) is 5.72. The van der Waals surface area contributed by atoms with E-state index in [0.717, 1.165) is 48.8 Å². The van der Waals surface area contributed by atoms with Crippen LogP contribution >= 0.6 is 0 Å². The number of ether oxygens (including phenoxy) is 1. The highest BCUT2D eigenvalue weighted by atomic mass is 16.5. The van der Waals surface area contributed by atoms with E-state index in [4.69, 9.17) is 4.74 Å². The summed E-state index contributed by atoms with van der Waals surface area (Å²) in [6.45, 7) is 2.33. The maximum Gasteiger partial charge on any atom is 0.295 e. The SMILES string of the molecule is Cc1cc(/C(O)=C2/C(=O)C(=O)N(C3CCCCC3)C2c2cccnc2)ccc1OCc1ccccc1. The Morgan fingerprint density at radius 2 is 1.81 bits per heavy atom. The summed E-state index contributed by atoms with van der Waals surface area (Å²) in [5.41, 5.74) is 3.21. The van der Waals surface area contributed by atoms with Crippen molar-refractivity contribution >= 4 is 17.4 Å². The van der Waals surface area contributed by atoms with Crippen LogP contribution in [0.1, 0.15) is 60.4 Å². The van der Waals surface area contributed by atoms with Crippen LogP contribution < -0.4 is 4.74 Å². The average Bonchev–Trinajstić information content (AvgIpc) is 3.19. The van der Waals surface area contributed by atoms with Crippen molar-refractivity contribution in [2.75, 3.05) is 0 Å². The fourth-order valence-electron chi connectivity index (χ4n) is 5.30. The van der Waals surface area contributed by atoms with Crippen LogP contribution in [-0.2, 0) is 16.2 Å². The third kappa shape index (κ3) is 4.63. The minimum absolute atomic E-state index is 0.0267. The Balaban J connectivity index is 1.50. The van der Waals surface area contributed by atoms with E-state index in [-0.39, 0.29) is 17.4 Å². The van der Waals surface area contributed by atoms with E-state index in [0.29, 0.717) is 17.9 Å². The van der Waals surface area contributed by atoms with Gasteiger partial charge in [-0.2, -0.15) is 0 Å². The van der Waals surface area contributed by atoms with Crippen LogP contribution in [0.25, 0.3) is 5.76 Å². The molecule has 0 bridgehead atoms. The first-order chi connectivity index (χ1) is 17.5. The summed E-state index contributed by atoms with van der Waals surface area (Å²) in [6, 6.07) is 18.2. The van der Waals surface area contributed by atoms with Crippen molar-refractivity contribution in [3.8, 4) is 5.75 Å². The van der Waals surface area contributed by atoms with Gasteiger partial charge in [-0.05, 0) is 60.7 Å². The van der Waals surface area contributed by atoms with Gasteiger partial charge in [0.15, 0.2) is 0 Å². The third-order valence-corrected chi connectivity index (χ3v) is 7.13. The molecule has 1 unspecified atom stereocenters. The standard InChI is InChI=1S/C30H30N2O4/c1-20-17-22(14-15-25(20)36-19-21-9-4-2-5-10-21)28(33)26-27(23-11-8-16-31-18-23)32(30(35)29(26)34)24-12-6-3-7-13-24/h2,4-5,8-11,14-18,24,27,33H,3,6-7,12-13,19H2,1H3/b28-26-. The Morgan fingerprint density at radius 1 is 1.03 bits per heavy atom. The highest BCUT2D eigenvalue weighted by molar-refractivity contribution is 6.46. The molecule has 1 saturated heterocycles. The minimum atomic E-state index is -0.656. The molecule has 1 N–H and O–H groups in total. The molecule has 0 radical (unpaired) electrons. The number of benzene rings is 2. The van der Waals surface area contributed by atoms with Crippen molar-refractivity contribution in [2.24, 2.45) is 0 Å².